The van der Waals surface area contributed by atoms with Gasteiger partial charge < -0.3 is 14.6 Å². The summed E-state index contributed by atoms with van der Waals surface area (Å²) in [5, 5.41) is 9.58. The maximum Gasteiger partial charge on any atom is 0.114 e. The van der Waals surface area contributed by atoms with E-state index in [0.717, 1.165) is 38.9 Å². The van der Waals surface area contributed by atoms with Gasteiger partial charge in [0.15, 0.2) is 0 Å². The molecule has 0 radical (unpaired) electrons. The van der Waals surface area contributed by atoms with Crippen molar-refractivity contribution >= 4 is 0 Å². The lowest BCUT2D eigenvalue weighted by Gasteiger charge is -2.35. The Morgan fingerprint density at radius 1 is 0.714 bits per heavy atom. The second kappa shape index (κ2) is 18.9. The summed E-state index contributed by atoms with van der Waals surface area (Å²) in [6.45, 7) is 4.51. The molecule has 1 atom stereocenters. The topological polar surface area (TPSA) is 38.7 Å². The van der Waals surface area contributed by atoms with E-state index in [9.17, 15) is 5.11 Å². The predicted octanol–water partition coefficient (Wildman–Crippen LogP) is 7.20. The molecular weight excluding hydrogens is 348 g/mol. The molecule has 1 aliphatic rings. The highest BCUT2D eigenvalue weighted by molar-refractivity contribution is 4.82. The summed E-state index contributed by atoms with van der Waals surface area (Å²) in [5.41, 5.74) is -0.409. The quantitative estimate of drug-likeness (QED) is 0.220. The number of ether oxygens (including phenoxy) is 2. The molecular formula is C25H50O3. The minimum atomic E-state index is -0.409. The Kier molecular flexibility index (Phi) is 17.5. The first-order valence-electron chi connectivity index (χ1n) is 12.7. The fraction of sp³-hybridized carbons (Fsp3) is 1.00. The SMILES string of the molecule is CCCCCCCCCCCCCCCCCCOCC1(CO)CCCCO1. The summed E-state index contributed by atoms with van der Waals surface area (Å²) >= 11 is 0. The molecule has 0 aromatic heterocycles. The van der Waals surface area contributed by atoms with Gasteiger partial charge >= 0.3 is 0 Å². The number of aliphatic hydroxyl groups excluding tert-OH is 1. The van der Waals surface area contributed by atoms with E-state index in [4.69, 9.17) is 9.47 Å². The Morgan fingerprint density at radius 3 is 1.64 bits per heavy atom. The summed E-state index contributed by atoms with van der Waals surface area (Å²) in [6, 6.07) is 0. The molecule has 1 rings (SSSR count). The molecule has 1 heterocycles. The maximum atomic E-state index is 9.58. The first-order valence-corrected chi connectivity index (χ1v) is 12.7. The molecule has 1 aliphatic heterocycles. The van der Waals surface area contributed by atoms with E-state index < -0.39 is 5.60 Å². The second-order valence-electron chi connectivity index (χ2n) is 9.00. The monoisotopic (exact) mass is 398 g/mol. The van der Waals surface area contributed by atoms with Gasteiger partial charge in [-0.05, 0) is 25.7 Å². The average Bonchev–Trinajstić information content (AvgIpc) is 2.73. The van der Waals surface area contributed by atoms with Crippen molar-refractivity contribution in [3.63, 3.8) is 0 Å². The molecule has 0 aromatic carbocycles. The second-order valence-corrected chi connectivity index (χ2v) is 9.00. The number of unbranched alkanes of at least 4 members (excludes halogenated alkanes) is 15. The lowest BCUT2D eigenvalue weighted by atomic mass is 9.96. The Morgan fingerprint density at radius 2 is 1.21 bits per heavy atom. The van der Waals surface area contributed by atoms with E-state index in [1.807, 2.05) is 0 Å². The van der Waals surface area contributed by atoms with Gasteiger partial charge in [0, 0.05) is 13.2 Å². The van der Waals surface area contributed by atoms with Crippen LogP contribution in [-0.2, 0) is 9.47 Å². The third-order valence-electron chi connectivity index (χ3n) is 6.23. The maximum absolute atomic E-state index is 9.58. The van der Waals surface area contributed by atoms with E-state index in [-0.39, 0.29) is 6.61 Å². The fourth-order valence-electron chi connectivity index (χ4n) is 4.20. The summed E-state index contributed by atoms with van der Waals surface area (Å²) in [7, 11) is 0. The highest BCUT2D eigenvalue weighted by atomic mass is 16.5. The van der Waals surface area contributed by atoms with Crippen LogP contribution >= 0.6 is 0 Å². The minimum Gasteiger partial charge on any atom is -0.393 e. The summed E-state index contributed by atoms with van der Waals surface area (Å²) < 4.78 is 11.6. The summed E-state index contributed by atoms with van der Waals surface area (Å²) in [4.78, 5) is 0. The molecule has 0 aliphatic carbocycles. The van der Waals surface area contributed by atoms with E-state index in [1.54, 1.807) is 0 Å². The van der Waals surface area contributed by atoms with Gasteiger partial charge in [-0.2, -0.15) is 0 Å². The normalized spacial score (nSPS) is 19.9. The van der Waals surface area contributed by atoms with Crippen LogP contribution in [0.3, 0.4) is 0 Å². The van der Waals surface area contributed by atoms with Crippen molar-refractivity contribution in [3.8, 4) is 0 Å². The van der Waals surface area contributed by atoms with Gasteiger partial charge in [-0.3, -0.25) is 0 Å². The number of aliphatic hydroxyl groups is 1. The highest BCUT2D eigenvalue weighted by Gasteiger charge is 2.32. The first-order chi connectivity index (χ1) is 13.8. The number of hydrogen-bond acceptors (Lipinski definition) is 3. The Labute approximate surface area is 176 Å². The van der Waals surface area contributed by atoms with Crippen molar-refractivity contribution in [1.29, 1.82) is 0 Å². The fourth-order valence-corrected chi connectivity index (χ4v) is 4.20. The molecule has 0 spiro atoms. The Balaban J connectivity index is 1.74. The molecule has 0 bridgehead atoms. The van der Waals surface area contributed by atoms with Crippen LogP contribution in [0.2, 0.25) is 0 Å². The van der Waals surface area contributed by atoms with Gasteiger partial charge in [0.2, 0.25) is 0 Å². The van der Waals surface area contributed by atoms with Crippen LogP contribution in [0.5, 0.6) is 0 Å². The van der Waals surface area contributed by atoms with Crippen molar-refractivity contribution in [2.24, 2.45) is 0 Å². The lowest BCUT2D eigenvalue weighted by molar-refractivity contribution is -0.145. The van der Waals surface area contributed by atoms with Gasteiger partial charge in [0.05, 0.1) is 13.2 Å². The zero-order valence-electron chi connectivity index (χ0n) is 19.0. The molecule has 1 unspecified atom stereocenters. The van der Waals surface area contributed by atoms with Crippen LogP contribution in [0.1, 0.15) is 129 Å². The van der Waals surface area contributed by atoms with Crippen LogP contribution in [0.4, 0.5) is 0 Å². The van der Waals surface area contributed by atoms with Crippen LogP contribution in [0.15, 0.2) is 0 Å². The molecule has 0 amide bonds. The molecule has 1 N–H and O–H groups in total. The summed E-state index contributed by atoms with van der Waals surface area (Å²) in [6.07, 6.45) is 25.5. The van der Waals surface area contributed by atoms with Crippen LogP contribution in [-0.4, -0.2) is 37.1 Å². The van der Waals surface area contributed by atoms with Gasteiger partial charge in [0.25, 0.3) is 0 Å². The molecule has 1 saturated heterocycles. The van der Waals surface area contributed by atoms with Crippen LogP contribution in [0, 0.1) is 0 Å². The summed E-state index contributed by atoms with van der Waals surface area (Å²) in [5.74, 6) is 0. The molecule has 1 fully saturated rings. The third kappa shape index (κ3) is 14.0. The average molecular weight is 399 g/mol. The van der Waals surface area contributed by atoms with E-state index in [2.05, 4.69) is 6.92 Å². The van der Waals surface area contributed by atoms with Crippen molar-refractivity contribution in [2.45, 2.75) is 135 Å². The van der Waals surface area contributed by atoms with Crippen LogP contribution < -0.4 is 0 Å². The molecule has 28 heavy (non-hydrogen) atoms. The van der Waals surface area contributed by atoms with Crippen molar-refractivity contribution in [2.75, 3.05) is 26.4 Å². The minimum absolute atomic E-state index is 0.0892. The Hall–Kier alpha value is -0.120. The third-order valence-corrected chi connectivity index (χ3v) is 6.23. The zero-order chi connectivity index (χ0) is 20.2. The smallest absolute Gasteiger partial charge is 0.114 e. The number of rotatable bonds is 20. The standard InChI is InChI=1S/C25H50O3/c1-2-3-4-5-6-7-8-9-10-11-12-13-14-15-16-18-21-27-24-25(23-26)20-17-19-22-28-25/h26H,2-24H2,1H3. The first kappa shape index (κ1) is 25.9. The van der Waals surface area contributed by atoms with Gasteiger partial charge in [-0.1, -0.05) is 103 Å². The van der Waals surface area contributed by atoms with Crippen molar-refractivity contribution in [1.82, 2.24) is 0 Å². The zero-order valence-corrected chi connectivity index (χ0v) is 19.0. The van der Waals surface area contributed by atoms with Gasteiger partial charge in [-0.25, -0.2) is 0 Å². The molecule has 0 saturated carbocycles. The molecule has 3 nitrogen and oxygen atoms in total. The molecule has 0 aromatic rings. The van der Waals surface area contributed by atoms with E-state index in [1.165, 1.54) is 96.3 Å². The van der Waals surface area contributed by atoms with Crippen molar-refractivity contribution in [3.05, 3.63) is 0 Å². The number of hydrogen-bond donors (Lipinski definition) is 1. The highest BCUT2D eigenvalue weighted by Crippen LogP contribution is 2.25. The predicted molar refractivity (Wildman–Crippen MR) is 120 cm³/mol. The molecule has 168 valence electrons. The van der Waals surface area contributed by atoms with E-state index in [0.29, 0.717) is 6.61 Å². The van der Waals surface area contributed by atoms with E-state index >= 15 is 0 Å². The van der Waals surface area contributed by atoms with Crippen molar-refractivity contribution < 1.29 is 14.6 Å². The van der Waals surface area contributed by atoms with Gasteiger partial charge in [0.1, 0.15) is 5.60 Å². The van der Waals surface area contributed by atoms with Gasteiger partial charge in [-0.15, -0.1) is 0 Å². The largest absolute Gasteiger partial charge is 0.393 e. The van der Waals surface area contributed by atoms with Crippen LogP contribution in [0.25, 0.3) is 0 Å². The molecule has 3 heteroatoms. The Bertz CT molecular complexity index is 313. The lowest BCUT2D eigenvalue weighted by Crippen LogP contribution is -2.44.